The topological polar surface area (TPSA) is 237 Å². The highest BCUT2D eigenvalue weighted by atomic mass is 31.2. The number of ether oxygens (including phenoxy) is 4. The molecule has 0 saturated heterocycles. The summed E-state index contributed by atoms with van der Waals surface area (Å²) in [5, 5.41) is 10.6. The van der Waals surface area contributed by atoms with Crippen LogP contribution >= 0.6 is 15.6 Å². The molecule has 0 spiro atoms. The van der Waals surface area contributed by atoms with E-state index in [9.17, 15) is 43.2 Å². The number of hydrogen-bond acceptors (Lipinski definition) is 15. The maximum Gasteiger partial charge on any atom is 0.472 e. The number of unbranched alkanes of at least 4 members (excludes halogenated alkanes) is 42. The van der Waals surface area contributed by atoms with Gasteiger partial charge in [-0.05, 0) is 49.4 Å². The maximum atomic E-state index is 13.1. The lowest BCUT2D eigenvalue weighted by Crippen LogP contribution is -2.30. The normalized spacial score (nSPS) is 14.6. The second-order valence-corrected chi connectivity index (χ2v) is 33.5. The molecule has 0 heterocycles. The van der Waals surface area contributed by atoms with Gasteiger partial charge in [-0.2, -0.15) is 0 Å². The van der Waals surface area contributed by atoms with E-state index in [1.807, 2.05) is 0 Å². The molecule has 100 heavy (non-hydrogen) atoms. The van der Waals surface area contributed by atoms with Gasteiger partial charge in [-0.15, -0.1) is 0 Å². The zero-order chi connectivity index (χ0) is 73.8. The first kappa shape index (κ1) is 98.1. The summed E-state index contributed by atoms with van der Waals surface area (Å²) >= 11 is 0. The smallest absolute Gasteiger partial charge is 0.462 e. The number of phosphoric acid groups is 2. The number of rotatable bonds is 78. The molecule has 0 aliphatic rings. The predicted octanol–water partition coefficient (Wildman–Crippen LogP) is 24.0. The first-order valence-corrected chi connectivity index (χ1v) is 44.8. The van der Waals surface area contributed by atoms with Crippen molar-refractivity contribution < 1.29 is 80.2 Å². The number of carbonyl (C=O) groups is 4. The van der Waals surface area contributed by atoms with E-state index < -0.39 is 97.5 Å². The van der Waals surface area contributed by atoms with E-state index in [2.05, 4.69) is 55.4 Å². The predicted molar refractivity (Wildman–Crippen MR) is 409 cm³/mol. The SMILES string of the molecule is CCC(C)CCCCCCCCCCCCCCCCC(=O)OC[C@H](COP(=O)(O)OC[C@@H](O)COP(=O)(O)OC[C@@H](COC(=O)CCCCCCCCC(C)CC)OC(=O)CCCCCCCCCCCCCCCCCC(C)C)OC(=O)CCCCCCCCCCCCCC(C)C. The summed E-state index contributed by atoms with van der Waals surface area (Å²) in [6.07, 6.45) is 56.8. The molecular weight excluding hydrogens is 1310 g/mol. The summed E-state index contributed by atoms with van der Waals surface area (Å²) in [6.45, 7) is 14.3. The Bertz CT molecular complexity index is 1960. The van der Waals surface area contributed by atoms with E-state index in [0.717, 1.165) is 120 Å². The van der Waals surface area contributed by atoms with Crippen molar-refractivity contribution in [1.82, 2.24) is 0 Å². The molecule has 4 unspecified atom stereocenters. The van der Waals surface area contributed by atoms with Gasteiger partial charge in [0.05, 0.1) is 26.4 Å². The van der Waals surface area contributed by atoms with Crippen LogP contribution in [0.15, 0.2) is 0 Å². The van der Waals surface area contributed by atoms with E-state index in [0.29, 0.717) is 25.7 Å². The van der Waals surface area contributed by atoms with E-state index >= 15 is 0 Å². The molecule has 0 radical (unpaired) electrons. The minimum absolute atomic E-state index is 0.106. The fraction of sp³-hybridized carbons (Fsp3) is 0.951. The Kier molecular flexibility index (Phi) is 68.7. The van der Waals surface area contributed by atoms with Crippen molar-refractivity contribution in [3.05, 3.63) is 0 Å². The third-order valence-electron chi connectivity index (χ3n) is 19.5. The van der Waals surface area contributed by atoms with Crippen LogP contribution in [-0.4, -0.2) is 96.7 Å². The van der Waals surface area contributed by atoms with E-state index in [1.165, 1.54) is 212 Å². The van der Waals surface area contributed by atoms with E-state index in [1.54, 1.807) is 0 Å². The van der Waals surface area contributed by atoms with Crippen molar-refractivity contribution in [2.24, 2.45) is 23.7 Å². The van der Waals surface area contributed by atoms with Gasteiger partial charge in [0.1, 0.15) is 19.3 Å². The molecule has 594 valence electrons. The van der Waals surface area contributed by atoms with Gasteiger partial charge in [-0.3, -0.25) is 37.3 Å². The average Bonchev–Trinajstić information content (AvgIpc) is 0.958. The standard InChI is InChI=1S/C81H158O17P2/c1-9-73(7)59-51-43-35-29-23-17-14-15-18-24-30-36-45-53-61-78(83)91-67-76(97-81(86)64-56-48-38-32-26-20-22-28-34-42-50-58-72(5)6)69-95-99(87,88)93-65-75(82)66-94-100(89,90)96-70-77(68-92-79(84)62-54-46-40-39-44-52-60-74(8)10-2)98-80(85)63-55-47-37-31-25-19-13-11-12-16-21-27-33-41-49-57-71(3)4/h71-77,82H,9-70H2,1-8H3,(H,87,88)(H,89,90)/t73?,74?,75-,76-,77-/m1/s1. The molecular formula is C81H158O17P2. The van der Waals surface area contributed by atoms with Gasteiger partial charge in [-0.1, -0.05) is 364 Å². The third-order valence-corrected chi connectivity index (χ3v) is 21.4. The van der Waals surface area contributed by atoms with Crippen LogP contribution in [0.3, 0.4) is 0 Å². The number of hydrogen-bond donors (Lipinski definition) is 3. The highest BCUT2D eigenvalue weighted by Crippen LogP contribution is 2.45. The molecule has 0 fully saturated rings. The van der Waals surface area contributed by atoms with Crippen molar-refractivity contribution in [2.45, 2.75) is 433 Å². The molecule has 0 aromatic rings. The van der Waals surface area contributed by atoms with Crippen LogP contribution < -0.4 is 0 Å². The van der Waals surface area contributed by atoms with Crippen LogP contribution in [0.1, 0.15) is 415 Å². The molecule has 0 amide bonds. The van der Waals surface area contributed by atoms with Crippen molar-refractivity contribution in [1.29, 1.82) is 0 Å². The van der Waals surface area contributed by atoms with Gasteiger partial charge >= 0.3 is 39.5 Å². The largest absolute Gasteiger partial charge is 0.472 e. The Morgan fingerprint density at radius 3 is 0.710 bits per heavy atom. The molecule has 0 aliphatic heterocycles. The molecule has 0 aromatic heterocycles. The van der Waals surface area contributed by atoms with E-state index in [-0.39, 0.29) is 25.7 Å². The van der Waals surface area contributed by atoms with Crippen molar-refractivity contribution in [3.8, 4) is 0 Å². The summed E-state index contributed by atoms with van der Waals surface area (Å²) < 4.78 is 68.7. The van der Waals surface area contributed by atoms with Crippen LogP contribution in [-0.2, 0) is 65.4 Å². The zero-order valence-corrected chi connectivity index (χ0v) is 67.6. The third kappa shape index (κ3) is 71.7. The Morgan fingerprint density at radius 1 is 0.280 bits per heavy atom. The van der Waals surface area contributed by atoms with Gasteiger partial charge in [0.15, 0.2) is 12.2 Å². The number of aliphatic hydroxyl groups is 1. The minimum Gasteiger partial charge on any atom is -0.462 e. The van der Waals surface area contributed by atoms with Gasteiger partial charge in [0, 0.05) is 25.7 Å². The number of aliphatic hydroxyl groups excluding tert-OH is 1. The van der Waals surface area contributed by atoms with Crippen molar-refractivity contribution in [2.75, 3.05) is 39.6 Å². The van der Waals surface area contributed by atoms with Crippen LogP contribution in [0.5, 0.6) is 0 Å². The number of esters is 4. The lowest BCUT2D eigenvalue weighted by atomic mass is 9.99. The molecule has 17 nitrogen and oxygen atoms in total. The Hall–Kier alpha value is -1.94. The highest BCUT2D eigenvalue weighted by molar-refractivity contribution is 7.47. The molecule has 0 saturated carbocycles. The molecule has 0 bridgehead atoms. The van der Waals surface area contributed by atoms with Gasteiger partial charge in [0.25, 0.3) is 0 Å². The highest BCUT2D eigenvalue weighted by Gasteiger charge is 2.30. The first-order valence-electron chi connectivity index (χ1n) is 41.8. The lowest BCUT2D eigenvalue weighted by Gasteiger charge is -2.21. The molecule has 19 heteroatoms. The van der Waals surface area contributed by atoms with Crippen molar-refractivity contribution in [3.63, 3.8) is 0 Å². The van der Waals surface area contributed by atoms with Crippen LogP contribution in [0, 0.1) is 23.7 Å². The Balaban J connectivity index is 5.23. The zero-order valence-electron chi connectivity index (χ0n) is 65.8. The van der Waals surface area contributed by atoms with Crippen LogP contribution in [0.25, 0.3) is 0 Å². The molecule has 0 aliphatic carbocycles. The van der Waals surface area contributed by atoms with Crippen LogP contribution in [0.2, 0.25) is 0 Å². The quantitative estimate of drug-likeness (QED) is 0.0222. The second kappa shape index (κ2) is 70.1. The average molecular weight is 1470 g/mol. The summed E-state index contributed by atoms with van der Waals surface area (Å²) in [5.74, 6) is 1.03. The summed E-state index contributed by atoms with van der Waals surface area (Å²) in [6, 6.07) is 0. The fourth-order valence-corrected chi connectivity index (χ4v) is 13.9. The maximum absolute atomic E-state index is 13.1. The van der Waals surface area contributed by atoms with Crippen molar-refractivity contribution >= 4 is 39.5 Å². The summed E-state index contributed by atoms with van der Waals surface area (Å²) in [7, 11) is -9.92. The second-order valence-electron chi connectivity index (χ2n) is 30.6. The number of phosphoric ester groups is 2. The number of carbonyl (C=O) groups excluding carboxylic acids is 4. The summed E-state index contributed by atoms with van der Waals surface area (Å²) in [4.78, 5) is 73.0. The fourth-order valence-electron chi connectivity index (χ4n) is 12.4. The summed E-state index contributed by atoms with van der Waals surface area (Å²) in [5.41, 5.74) is 0. The minimum atomic E-state index is -4.96. The molecule has 3 N–H and O–H groups in total. The van der Waals surface area contributed by atoms with Gasteiger partial charge in [0.2, 0.25) is 0 Å². The Labute approximate surface area is 613 Å². The van der Waals surface area contributed by atoms with Gasteiger partial charge < -0.3 is 33.8 Å². The van der Waals surface area contributed by atoms with Gasteiger partial charge in [-0.25, -0.2) is 9.13 Å². The monoisotopic (exact) mass is 1470 g/mol. The van der Waals surface area contributed by atoms with Crippen LogP contribution in [0.4, 0.5) is 0 Å². The first-order chi connectivity index (χ1) is 48.2. The molecule has 0 rings (SSSR count). The molecule has 7 atom stereocenters. The molecule has 0 aromatic carbocycles. The lowest BCUT2D eigenvalue weighted by molar-refractivity contribution is -0.161. The Morgan fingerprint density at radius 2 is 0.480 bits per heavy atom. The van der Waals surface area contributed by atoms with E-state index in [4.69, 9.17) is 37.0 Å².